The molecule has 0 atom stereocenters. The summed E-state index contributed by atoms with van der Waals surface area (Å²) < 4.78 is 36.0. The second-order valence-electron chi connectivity index (χ2n) is 12.3. The van der Waals surface area contributed by atoms with E-state index in [4.69, 9.17) is 31.8 Å². The number of carbonyl (C=O) groups excluding carboxylic acids is 3. The maximum Gasteiger partial charge on any atom is 0.321 e. The molecule has 0 radical (unpaired) electrons. The molecule has 2 saturated carbocycles. The van der Waals surface area contributed by atoms with E-state index in [0.717, 1.165) is 4.90 Å². The number of esters is 1. The van der Waals surface area contributed by atoms with Crippen LogP contribution in [0.2, 0.25) is 5.02 Å². The van der Waals surface area contributed by atoms with E-state index in [1.54, 1.807) is 42.5 Å². The van der Waals surface area contributed by atoms with Crippen molar-refractivity contribution in [3.05, 3.63) is 70.0 Å². The Labute approximate surface area is 263 Å². The van der Waals surface area contributed by atoms with Crippen molar-refractivity contribution in [3.8, 4) is 17.6 Å². The Hall–Kier alpha value is -4.01. The molecule has 0 aliphatic heterocycles. The highest BCUT2D eigenvalue weighted by atomic mass is 35.5. The molecule has 2 fully saturated rings. The number of methoxy groups -OCH3 is 1. The van der Waals surface area contributed by atoms with E-state index in [1.165, 1.54) is 7.11 Å². The van der Waals surface area contributed by atoms with Crippen LogP contribution in [0.3, 0.4) is 0 Å². The van der Waals surface area contributed by atoms with Crippen molar-refractivity contribution in [2.45, 2.75) is 65.5 Å². The van der Waals surface area contributed by atoms with Gasteiger partial charge in [-0.25, -0.2) is 4.85 Å². The standard InChI is InChI=1S/C34H38ClN3O5/c1-32(2)28(33(3,4)29(32)43-24-16-17-26(36-5)25(35)21-24)38(6)27(39)23-14-12-22(13-15-23)11-9-8-10-20-37-30(40)34(18-19-34)31(41)42-7/h12-17,21,28-29H,8,10,18-20H2,1-4,6-7H3,(H,37,40)/i6D3. The van der Waals surface area contributed by atoms with Crippen LogP contribution in [-0.2, 0) is 14.3 Å². The number of unbranched alkanes of at least 4 members (excludes halogenated alkanes) is 1. The summed E-state index contributed by atoms with van der Waals surface area (Å²) in [5.74, 6) is 5.09. The summed E-state index contributed by atoms with van der Waals surface area (Å²) in [5, 5.41) is 3.04. The number of halogens is 1. The first kappa shape index (κ1) is 27.8. The zero-order chi connectivity index (χ0) is 34.1. The van der Waals surface area contributed by atoms with Crippen LogP contribution >= 0.6 is 11.6 Å². The van der Waals surface area contributed by atoms with Crippen LogP contribution in [0.15, 0.2) is 42.5 Å². The highest BCUT2D eigenvalue weighted by Gasteiger charge is 2.65. The molecule has 2 aromatic carbocycles. The van der Waals surface area contributed by atoms with Gasteiger partial charge >= 0.3 is 5.97 Å². The molecule has 2 aromatic rings. The molecule has 0 saturated heterocycles. The normalized spacial score (nSPS) is 21.6. The molecule has 0 aromatic heterocycles. The van der Waals surface area contributed by atoms with Crippen molar-refractivity contribution in [1.82, 2.24) is 10.2 Å². The lowest BCUT2D eigenvalue weighted by molar-refractivity contribution is -0.195. The Kier molecular flexibility index (Phi) is 7.96. The second-order valence-corrected chi connectivity index (χ2v) is 12.7. The number of hydrogen-bond acceptors (Lipinski definition) is 5. The highest BCUT2D eigenvalue weighted by molar-refractivity contribution is 6.33. The van der Waals surface area contributed by atoms with E-state index in [1.807, 2.05) is 27.7 Å². The smallest absolute Gasteiger partial charge is 0.321 e. The number of nitrogens with zero attached hydrogens (tertiary/aromatic N) is 2. The third-order valence-electron chi connectivity index (χ3n) is 8.42. The van der Waals surface area contributed by atoms with Crippen molar-refractivity contribution in [2.24, 2.45) is 16.2 Å². The topological polar surface area (TPSA) is 89.3 Å². The van der Waals surface area contributed by atoms with Crippen LogP contribution < -0.4 is 10.1 Å². The number of carbonyl (C=O) groups is 3. The molecule has 43 heavy (non-hydrogen) atoms. The minimum Gasteiger partial charge on any atom is -0.489 e. The van der Waals surface area contributed by atoms with Crippen molar-refractivity contribution in [1.29, 1.82) is 0 Å². The van der Waals surface area contributed by atoms with Gasteiger partial charge in [0.1, 0.15) is 17.3 Å². The van der Waals surface area contributed by atoms with Gasteiger partial charge in [0.25, 0.3) is 5.91 Å². The molecular weight excluding hydrogens is 566 g/mol. The first-order chi connectivity index (χ1) is 21.5. The Morgan fingerprint density at radius 1 is 1.14 bits per heavy atom. The van der Waals surface area contributed by atoms with E-state index in [-0.39, 0.29) is 16.5 Å². The van der Waals surface area contributed by atoms with Gasteiger partial charge in [-0.2, -0.15) is 0 Å². The van der Waals surface area contributed by atoms with Crippen molar-refractivity contribution in [3.63, 3.8) is 0 Å². The van der Waals surface area contributed by atoms with Crippen molar-refractivity contribution in [2.75, 3.05) is 20.6 Å². The first-order valence-electron chi connectivity index (χ1n) is 15.6. The summed E-state index contributed by atoms with van der Waals surface area (Å²) in [6.07, 6.45) is 1.64. The minimum atomic E-state index is -2.72. The van der Waals surface area contributed by atoms with Gasteiger partial charge in [-0.15, -0.1) is 0 Å². The molecule has 2 amide bonds. The van der Waals surface area contributed by atoms with Crippen molar-refractivity contribution < 1.29 is 28.0 Å². The second kappa shape index (κ2) is 12.3. The molecule has 0 heterocycles. The average Bonchev–Trinajstić information content (AvgIpc) is 3.81. The molecule has 8 nitrogen and oxygen atoms in total. The molecule has 4 rings (SSSR count). The number of benzene rings is 2. The quantitative estimate of drug-likeness (QED) is 0.123. The van der Waals surface area contributed by atoms with Crippen molar-refractivity contribution >= 4 is 35.1 Å². The maximum absolute atomic E-state index is 13.8. The monoisotopic (exact) mass is 606 g/mol. The third-order valence-corrected chi connectivity index (χ3v) is 8.72. The maximum atomic E-state index is 13.8. The summed E-state index contributed by atoms with van der Waals surface area (Å²) in [4.78, 5) is 42.3. The van der Waals surface area contributed by atoms with Crippen LogP contribution in [0, 0.1) is 34.7 Å². The lowest BCUT2D eigenvalue weighted by atomic mass is 9.49. The van der Waals surface area contributed by atoms with Gasteiger partial charge in [-0.1, -0.05) is 57.2 Å². The predicted octanol–water partition coefficient (Wildman–Crippen LogP) is 6.05. The summed E-state index contributed by atoms with van der Waals surface area (Å²) in [5.41, 5.74) is -1.34. The average molecular weight is 607 g/mol. The molecular formula is C34H38ClN3O5. The lowest BCUT2D eigenvalue weighted by Gasteiger charge is -2.65. The number of nitrogens with one attached hydrogen (secondary N) is 1. The molecule has 1 N–H and O–H groups in total. The fourth-order valence-electron chi connectivity index (χ4n) is 6.37. The predicted molar refractivity (Wildman–Crippen MR) is 165 cm³/mol. The Bertz CT molecular complexity index is 1600. The van der Waals surface area contributed by atoms with Gasteiger partial charge < -0.3 is 19.7 Å². The highest BCUT2D eigenvalue weighted by Crippen LogP contribution is 2.58. The summed E-state index contributed by atoms with van der Waals surface area (Å²) in [6, 6.07) is 10.6. The molecule has 2 aliphatic rings. The summed E-state index contributed by atoms with van der Waals surface area (Å²) in [6.45, 7) is 12.4. The molecule has 0 bridgehead atoms. The lowest BCUT2D eigenvalue weighted by Crippen LogP contribution is -2.74. The van der Waals surface area contributed by atoms with E-state index in [0.29, 0.717) is 49.2 Å². The Balaban J connectivity index is 1.40. The number of amides is 2. The fourth-order valence-corrected chi connectivity index (χ4v) is 6.59. The SMILES string of the molecule is [2H]C([2H])([2H])N(C(=O)c1ccc(C#CCCCNC(=O)C2(C(=O)OC)CC2)cc1)C1C(C)(C)C(Oc2ccc([N+]#[C-])c(Cl)c2)C1(C)C. The van der Waals surface area contributed by atoms with E-state index >= 15 is 0 Å². The van der Waals surface area contributed by atoms with Crippen LogP contribution in [0.4, 0.5) is 5.69 Å². The zero-order valence-electron chi connectivity index (χ0n) is 28.0. The van der Waals surface area contributed by atoms with Crippen LogP contribution in [0.5, 0.6) is 5.75 Å². The van der Waals surface area contributed by atoms with E-state index in [9.17, 15) is 14.4 Å². The first-order valence-corrected chi connectivity index (χ1v) is 14.5. The Morgan fingerprint density at radius 3 is 2.37 bits per heavy atom. The number of rotatable bonds is 9. The van der Waals surface area contributed by atoms with Gasteiger partial charge in [0.2, 0.25) is 11.6 Å². The Morgan fingerprint density at radius 2 is 1.81 bits per heavy atom. The molecule has 9 heteroatoms. The molecule has 0 spiro atoms. The zero-order valence-corrected chi connectivity index (χ0v) is 25.8. The van der Waals surface area contributed by atoms with Gasteiger partial charge in [-0.05, 0) is 55.7 Å². The summed E-state index contributed by atoms with van der Waals surface area (Å²) >= 11 is 6.21. The third kappa shape index (κ3) is 6.21. The van der Waals surface area contributed by atoms with Crippen LogP contribution in [-0.4, -0.2) is 55.5 Å². The summed E-state index contributed by atoms with van der Waals surface area (Å²) in [7, 11) is 1.27. The molecule has 226 valence electrons. The molecule has 0 unspecified atom stereocenters. The van der Waals surface area contributed by atoms with E-state index in [2.05, 4.69) is 22.0 Å². The fraction of sp³-hybridized carbons (Fsp3) is 0.471. The van der Waals surface area contributed by atoms with Gasteiger partial charge in [0.05, 0.1) is 18.7 Å². The number of hydrogen-bond donors (Lipinski definition) is 1. The molecule has 2 aliphatic carbocycles. The van der Waals surface area contributed by atoms with Crippen LogP contribution in [0.1, 0.15) is 73.4 Å². The van der Waals surface area contributed by atoms with Gasteiger partial charge in [0.15, 0.2) is 0 Å². The van der Waals surface area contributed by atoms with Gasteiger partial charge in [0, 0.05) is 52.1 Å². The van der Waals surface area contributed by atoms with Gasteiger partial charge in [-0.3, -0.25) is 14.4 Å². The largest absolute Gasteiger partial charge is 0.489 e. The minimum absolute atomic E-state index is 0.224. The van der Waals surface area contributed by atoms with E-state index < -0.39 is 47.2 Å². The van der Waals surface area contributed by atoms with Crippen LogP contribution in [0.25, 0.3) is 4.85 Å². The number of ether oxygens (including phenoxy) is 2.